The first-order valence-corrected chi connectivity index (χ1v) is 8.91. The van der Waals surface area contributed by atoms with Crippen LogP contribution in [0.5, 0.6) is 0 Å². The fraction of sp³-hybridized carbons (Fsp3) is 0. The number of nitrogens with zero attached hydrogens (tertiary/aromatic N) is 3. The molecule has 2 heterocycles. The van der Waals surface area contributed by atoms with Crippen molar-refractivity contribution >= 4 is 32.7 Å². The van der Waals surface area contributed by atoms with E-state index in [2.05, 4.69) is 20.2 Å². The molecule has 10 heteroatoms. The Hall–Kier alpha value is -2.85. The zero-order valence-electron chi connectivity index (χ0n) is 11.9. The second kappa shape index (κ2) is 6.34. The summed E-state index contributed by atoms with van der Waals surface area (Å²) in [5.74, 6) is -1.14. The first-order chi connectivity index (χ1) is 11.5. The van der Waals surface area contributed by atoms with Gasteiger partial charge in [-0.25, -0.2) is 18.4 Å². The summed E-state index contributed by atoms with van der Waals surface area (Å²) >= 11 is 0.836. The molecular weight excluding hydrogens is 352 g/mol. The third-order valence-corrected chi connectivity index (χ3v) is 5.96. The number of rotatable bonds is 5. The van der Waals surface area contributed by atoms with E-state index in [0.29, 0.717) is 0 Å². The average molecular weight is 362 g/mol. The number of thiazole rings is 1. The molecule has 0 saturated carbocycles. The van der Waals surface area contributed by atoms with Crippen LogP contribution in [0.1, 0.15) is 16.3 Å². The number of ketones is 1. The quantitative estimate of drug-likeness (QED) is 0.403. The van der Waals surface area contributed by atoms with Crippen molar-refractivity contribution in [2.45, 2.75) is 9.24 Å². The van der Waals surface area contributed by atoms with Gasteiger partial charge in [-0.3, -0.25) is 9.89 Å². The number of hydrogen-bond donors (Lipinski definition) is 2. The van der Waals surface area contributed by atoms with Crippen LogP contribution in [0.25, 0.3) is 5.76 Å². The van der Waals surface area contributed by atoms with Gasteiger partial charge in [-0.1, -0.05) is 18.2 Å². The second-order valence-electron chi connectivity index (χ2n) is 4.53. The molecule has 0 aliphatic rings. The Morgan fingerprint density at radius 1 is 1.25 bits per heavy atom. The van der Waals surface area contributed by atoms with Crippen LogP contribution in [0.4, 0.5) is 0 Å². The van der Waals surface area contributed by atoms with Gasteiger partial charge in [-0.05, 0) is 12.1 Å². The minimum Gasteiger partial charge on any atom is -0.504 e. The summed E-state index contributed by atoms with van der Waals surface area (Å²) < 4.78 is 24.7. The molecular formula is C14H10N4O4S2. The van der Waals surface area contributed by atoms with Gasteiger partial charge >= 0.3 is 0 Å². The molecule has 1 aromatic carbocycles. The number of H-pyrrole nitrogens is 1. The third-order valence-electron chi connectivity index (χ3n) is 2.93. The highest BCUT2D eigenvalue weighted by Crippen LogP contribution is 2.24. The number of nitrogens with one attached hydrogen (secondary N) is 1. The van der Waals surface area contributed by atoms with E-state index in [0.717, 1.165) is 17.4 Å². The highest BCUT2D eigenvalue weighted by molar-refractivity contribution is 7.93. The van der Waals surface area contributed by atoms with E-state index in [1.54, 1.807) is 18.2 Å². The molecule has 0 radical (unpaired) electrons. The van der Waals surface area contributed by atoms with Crippen LogP contribution in [0, 0.1) is 0 Å². The number of benzene rings is 1. The second-order valence-corrected chi connectivity index (χ2v) is 7.51. The Bertz CT molecular complexity index is 993. The number of allylic oxidation sites excluding steroid dienone is 1. The lowest BCUT2D eigenvalue weighted by Crippen LogP contribution is -2.03. The first-order valence-electron chi connectivity index (χ1n) is 6.55. The van der Waals surface area contributed by atoms with Crippen molar-refractivity contribution in [2.24, 2.45) is 0 Å². The van der Waals surface area contributed by atoms with E-state index in [4.69, 9.17) is 0 Å². The van der Waals surface area contributed by atoms with Crippen LogP contribution in [0.15, 0.2) is 57.4 Å². The lowest BCUT2D eigenvalue weighted by molar-refractivity contribution is 0.104. The maximum absolute atomic E-state index is 12.4. The normalized spacial score (nSPS) is 12.2. The Labute approximate surface area is 140 Å². The van der Waals surface area contributed by atoms with Gasteiger partial charge in [0.2, 0.25) is 25.8 Å². The number of aliphatic hydroxyl groups excluding tert-OH is 1. The van der Waals surface area contributed by atoms with Crippen LogP contribution in [0.2, 0.25) is 0 Å². The summed E-state index contributed by atoms with van der Waals surface area (Å²) in [6.45, 7) is 0. The van der Waals surface area contributed by atoms with E-state index in [1.165, 1.54) is 23.8 Å². The summed E-state index contributed by atoms with van der Waals surface area (Å²) in [7, 11) is -3.78. The predicted octanol–water partition coefficient (Wildman–Crippen LogP) is 1.88. The Morgan fingerprint density at radius 3 is 2.67 bits per heavy atom. The fourth-order valence-electron chi connectivity index (χ4n) is 1.79. The molecule has 2 aromatic heterocycles. The number of aliphatic hydroxyl groups is 1. The van der Waals surface area contributed by atoms with Gasteiger partial charge in [-0.2, -0.15) is 5.10 Å². The summed E-state index contributed by atoms with van der Waals surface area (Å²) in [5.41, 5.74) is -0.0865. The summed E-state index contributed by atoms with van der Waals surface area (Å²) in [5, 5.41) is 17.1. The lowest BCUT2D eigenvalue weighted by Gasteiger charge is -1.99. The Kier molecular flexibility index (Phi) is 4.23. The van der Waals surface area contributed by atoms with Crippen molar-refractivity contribution in [3.05, 3.63) is 59.6 Å². The van der Waals surface area contributed by atoms with Crippen LogP contribution < -0.4 is 0 Å². The number of carbonyl (C=O) groups is 1. The minimum absolute atomic E-state index is 0.0456. The molecule has 8 nitrogen and oxygen atoms in total. The van der Waals surface area contributed by atoms with Crippen molar-refractivity contribution < 1.29 is 18.3 Å². The van der Waals surface area contributed by atoms with Crippen molar-refractivity contribution in [1.82, 2.24) is 20.2 Å². The summed E-state index contributed by atoms with van der Waals surface area (Å²) in [4.78, 5) is 19.7. The van der Waals surface area contributed by atoms with Crippen molar-refractivity contribution in [1.29, 1.82) is 0 Å². The van der Waals surface area contributed by atoms with Gasteiger partial charge in [0.1, 0.15) is 12.0 Å². The van der Waals surface area contributed by atoms with E-state index >= 15 is 0 Å². The molecule has 0 aliphatic heterocycles. The maximum atomic E-state index is 12.4. The molecule has 3 rings (SSSR count). The topological polar surface area (TPSA) is 126 Å². The molecule has 122 valence electrons. The number of hydrogen-bond acceptors (Lipinski definition) is 8. The van der Waals surface area contributed by atoms with E-state index in [9.17, 15) is 18.3 Å². The molecule has 0 amide bonds. The number of sulfone groups is 1. The Balaban J connectivity index is 1.88. The molecule has 3 aromatic rings. The highest BCUT2D eigenvalue weighted by atomic mass is 32.2. The summed E-state index contributed by atoms with van der Waals surface area (Å²) in [6, 6.07) is 7.81. The number of aromatic nitrogens is 4. The predicted molar refractivity (Wildman–Crippen MR) is 85.3 cm³/mol. The monoisotopic (exact) mass is 362 g/mol. The molecule has 0 fully saturated rings. The van der Waals surface area contributed by atoms with Crippen molar-refractivity contribution in [2.75, 3.05) is 0 Å². The zero-order valence-corrected chi connectivity index (χ0v) is 13.6. The summed E-state index contributed by atoms with van der Waals surface area (Å²) in [6.07, 6.45) is 2.13. The van der Waals surface area contributed by atoms with Gasteiger partial charge in [-0.15, -0.1) is 11.3 Å². The molecule has 0 unspecified atom stereocenters. The molecule has 0 saturated heterocycles. The zero-order chi connectivity index (χ0) is 17.2. The van der Waals surface area contributed by atoms with Gasteiger partial charge in [0.05, 0.1) is 4.90 Å². The number of carbonyl (C=O) groups excluding carboxylic acids is 1. The minimum atomic E-state index is -3.78. The van der Waals surface area contributed by atoms with Gasteiger partial charge in [0.25, 0.3) is 0 Å². The SMILES string of the molecule is O=C(C=C(O)c1nc[nH]n1)c1csc(S(=O)(=O)c2ccccc2)n1. The van der Waals surface area contributed by atoms with Crippen LogP contribution >= 0.6 is 11.3 Å². The lowest BCUT2D eigenvalue weighted by atomic mass is 10.2. The molecule has 2 N–H and O–H groups in total. The fourth-order valence-corrected chi connectivity index (χ4v) is 4.20. The van der Waals surface area contributed by atoms with Crippen LogP contribution in [-0.4, -0.2) is 39.5 Å². The molecule has 0 spiro atoms. The maximum Gasteiger partial charge on any atom is 0.233 e. The highest BCUT2D eigenvalue weighted by Gasteiger charge is 2.23. The largest absolute Gasteiger partial charge is 0.504 e. The average Bonchev–Trinajstić information content (AvgIpc) is 3.27. The third kappa shape index (κ3) is 3.09. The van der Waals surface area contributed by atoms with E-state index in [1.807, 2.05) is 0 Å². The molecule has 0 atom stereocenters. The van der Waals surface area contributed by atoms with Crippen LogP contribution in [-0.2, 0) is 9.84 Å². The van der Waals surface area contributed by atoms with E-state index < -0.39 is 21.4 Å². The van der Waals surface area contributed by atoms with Crippen molar-refractivity contribution in [3.8, 4) is 0 Å². The smallest absolute Gasteiger partial charge is 0.233 e. The van der Waals surface area contributed by atoms with Crippen LogP contribution in [0.3, 0.4) is 0 Å². The molecule has 24 heavy (non-hydrogen) atoms. The molecule has 0 aliphatic carbocycles. The van der Waals surface area contributed by atoms with Gasteiger partial charge in [0, 0.05) is 11.5 Å². The van der Waals surface area contributed by atoms with Gasteiger partial charge in [0.15, 0.2) is 5.76 Å². The van der Waals surface area contributed by atoms with E-state index in [-0.39, 0.29) is 20.8 Å². The van der Waals surface area contributed by atoms with Gasteiger partial charge < -0.3 is 5.11 Å². The van der Waals surface area contributed by atoms with Crippen molar-refractivity contribution in [3.63, 3.8) is 0 Å². The molecule has 0 bridgehead atoms. The Morgan fingerprint density at radius 2 is 2.00 bits per heavy atom. The number of aromatic amines is 1. The first kappa shape index (κ1) is 16.0. The standard InChI is InChI=1S/C14H10N4O4S2/c19-11(6-12(20)13-15-8-16-18-13)10-7-23-14(17-10)24(21,22)9-4-2-1-3-5-9/h1-8,20H,(H,15,16,18).